The van der Waals surface area contributed by atoms with E-state index in [1.807, 2.05) is 13.0 Å². The Kier molecular flexibility index (Phi) is 4.40. The largest absolute Gasteiger partial charge is 0.496 e. The molecule has 0 saturated heterocycles. The molecule has 0 atom stereocenters. The third-order valence-electron chi connectivity index (χ3n) is 3.01. The molecule has 0 aliphatic carbocycles. The van der Waals surface area contributed by atoms with Crippen molar-refractivity contribution < 1.29 is 13.9 Å². The summed E-state index contributed by atoms with van der Waals surface area (Å²) >= 11 is 5.98. The first-order valence-corrected chi connectivity index (χ1v) is 6.51. The molecule has 0 fully saturated rings. The Balaban J connectivity index is 2.32. The quantitative estimate of drug-likeness (QED) is 0.789. The van der Waals surface area contributed by atoms with Crippen LogP contribution in [0.2, 0.25) is 5.02 Å². The molecule has 20 heavy (non-hydrogen) atoms. The Bertz CT molecular complexity index is 653. The molecule has 0 N–H and O–H groups in total. The molecule has 2 aromatic carbocycles. The highest BCUT2D eigenvalue weighted by molar-refractivity contribution is 6.31. The zero-order valence-electron chi connectivity index (χ0n) is 11.2. The van der Waals surface area contributed by atoms with Crippen LogP contribution in [0.5, 0.6) is 5.75 Å². The minimum absolute atomic E-state index is 0.0381. The molecular weight excluding hydrogens is 279 g/mol. The van der Waals surface area contributed by atoms with Crippen molar-refractivity contribution in [2.24, 2.45) is 0 Å². The van der Waals surface area contributed by atoms with Crippen LogP contribution >= 0.6 is 11.6 Å². The second kappa shape index (κ2) is 6.06. The molecule has 2 nitrogen and oxygen atoms in total. The lowest BCUT2D eigenvalue weighted by molar-refractivity contribution is 0.0990. The average molecular weight is 293 g/mol. The topological polar surface area (TPSA) is 26.3 Å². The van der Waals surface area contributed by atoms with Crippen molar-refractivity contribution >= 4 is 17.4 Å². The van der Waals surface area contributed by atoms with E-state index < -0.39 is 5.82 Å². The lowest BCUT2D eigenvalue weighted by atomic mass is 10.0. The van der Waals surface area contributed by atoms with Gasteiger partial charge in [-0.1, -0.05) is 23.2 Å². The van der Waals surface area contributed by atoms with Gasteiger partial charge in [0.05, 0.1) is 12.7 Å². The van der Waals surface area contributed by atoms with Gasteiger partial charge in [-0.2, -0.15) is 0 Å². The van der Waals surface area contributed by atoms with Gasteiger partial charge < -0.3 is 4.74 Å². The van der Waals surface area contributed by atoms with Gasteiger partial charge in [-0.25, -0.2) is 4.39 Å². The van der Waals surface area contributed by atoms with Gasteiger partial charge in [-0.05, 0) is 42.8 Å². The molecule has 0 aromatic heterocycles. The number of Topliss-reactive ketones (excluding diaryl/α,β-unsaturated/α-hetero) is 1. The van der Waals surface area contributed by atoms with Crippen molar-refractivity contribution in [3.05, 3.63) is 63.9 Å². The normalized spacial score (nSPS) is 10.4. The summed E-state index contributed by atoms with van der Waals surface area (Å²) in [6.07, 6.45) is 0.0381. The fraction of sp³-hybridized carbons (Fsp3) is 0.188. The van der Waals surface area contributed by atoms with Crippen LogP contribution in [0.1, 0.15) is 21.5 Å². The molecule has 0 radical (unpaired) electrons. The monoisotopic (exact) mass is 292 g/mol. The number of ketones is 1. The number of methoxy groups -OCH3 is 1. The van der Waals surface area contributed by atoms with Gasteiger partial charge in [0.1, 0.15) is 11.6 Å². The standard InChI is InChI=1S/C16H14ClFO2/c1-10-3-6-16(20-2)13(7-10)15(19)9-11-8-12(18)4-5-14(11)17/h3-8H,9H2,1-2H3. The van der Waals surface area contributed by atoms with Gasteiger partial charge in [-0.3, -0.25) is 4.79 Å². The summed E-state index contributed by atoms with van der Waals surface area (Å²) in [5.41, 5.74) is 1.91. The van der Waals surface area contributed by atoms with E-state index in [1.165, 1.54) is 25.3 Å². The molecule has 0 aliphatic rings. The fourth-order valence-electron chi connectivity index (χ4n) is 1.99. The van der Waals surface area contributed by atoms with Crippen LogP contribution in [0.4, 0.5) is 4.39 Å². The predicted octanol–water partition coefficient (Wildman–Crippen LogP) is 4.22. The number of rotatable bonds is 4. The van der Waals surface area contributed by atoms with E-state index in [0.29, 0.717) is 21.9 Å². The zero-order chi connectivity index (χ0) is 14.7. The average Bonchev–Trinajstić information content (AvgIpc) is 2.42. The van der Waals surface area contributed by atoms with Crippen LogP contribution in [-0.4, -0.2) is 12.9 Å². The number of aryl methyl sites for hydroxylation is 1. The number of hydrogen-bond acceptors (Lipinski definition) is 2. The first-order chi connectivity index (χ1) is 9.51. The third kappa shape index (κ3) is 3.17. The van der Waals surface area contributed by atoms with E-state index in [1.54, 1.807) is 12.1 Å². The van der Waals surface area contributed by atoms with Crippen LogP contribution in [0.3, 0.4) is 0 Å². The lowest BCUT2D eigenvalue weighted by Gasteiger charge is -2.09. The SMILES string of the molecule is COc1ccc(C)cc1C(=O)Cc1cc(F)ccc1Cl. The Hall–Kier alpha value is -1.87. The summed E-state index contributed by atoms with van der Waals surface area (Å²) < 4.78 is 18.4. The number of carbonyl (C=O) groups excluding carboxylic acids is 1. The van der Waals surface area contributed by atoms with Gasteiger partial charge in [0.15, 0.2) is 5.78 Å². The molecule has 104 valence electrons. The first kappa shape index (κ1) is 14.5. The molecule has 0 heterocycles. The molecule has 0 amide bonds. The molecule has 2 aromatic rings. The number of ether oxygens (including phenoxy) is 1. The summed E-state index contributed by atoms with van der Waals surface area (Å²) in [7, 11) is 1.51. The lowest BCUT2D eigenvalue weighted by Crippen LogP contribution is -2.07. The van der Waals surface area contributed by atoms with E-state index in [-0.39, 0.29) is 12.2 Å². The number of carbonyl (C=O) groups is 1. The zero-order valence-corrected chi connectivity index (χ0v) is 12.0. The van der Waals surface area contributed by atoms with Gasteiger partial charge in [0.2, 0.25) is 0 Å². The van der Waals surface area contributed by atoms with Crippen LogP contribution in [0.15, 0.2) is 36.4 Å². The van der Waals surface area contributed by atoms with Crippen molar-refractivity contribution in [2.45, 2.75) is 13.3 Å². The van der Waals surface area contributed by atoms with E-state index >= 15 is 0 Å². The maximum Gasteiger partial charge on any atom is 0.171 e. The smallest absolute Gasteiger partial charge is 0.171 e. The van der Waals surface area contributed by atoms with E-state index in [2.05, 4.69) is 0 Å². The Morgan fingerprint density at radius 3 is 2.70 bits per heavy atom. The van der Waals surface area contributed by atoms with E-state index in [9.17, 15) is 9.18 Å². The Morgan fingerprint density at radius 2 is 2.00 bits per heavy atom. The Labute approximate surface area is 122 Å². The molecule has 0 spiro atoms. The van der Waals surface area contributed by atoms with Crippen molar-refractivity contribution in [1.82, 2.24) is 0 Å². The minimum atomic E-state index is -0.409. The van der Waals surface area contributed by atoms with Gasteiger partial charge in [-0.15, -0.1) is 0 Å². The molecule has 0 aliphatic heterocycles. The maximum absolute atomic E-state index is 13.2. The summed E-state index contributed by atoms with van der Waals surface area (Å²) in [4.78, 5) is 12.3. The van der Waals surface area contributed by atoms with Crippen molar-refractivity contribution in [3.8, 4) is 5.75 Å². The summed E-state index contributed by atoms with van der Waals surface area (Å²) in [6.45, 7) is 1.89. The number of hydrogen-bond donors (Lipinski definition) is 0. The maximum atomic E-state index is 13.2. The molecule has 0 saturated carbocycles. The number of benzene rings is 2. The summed E-state index contributed by atoms with van der Waals surface area (Å²) in [5.74, 6) is -0.0559. The predicted molar refractivity (Wildman–Crippen MR) is 77.2 cm³/mol. The van der Waals surface area contributed by atoms with Crippen LogP contribution in [0.25, 0.3) is 0 Å². The Morgan fingerprint density at radius 1 is 1.25 bits per heavy atom. The molecular formula is C16H14ClFO2. The summed E-state index contributed by atoms with van der Waals surface area (Å²) in [5, 5.41) is 0.381. The van der Waals surface area contributed by atoms with Gasteiger partial charge >= 0.3 is 0 Å². The highest BCUT2D eigenvalue weighted by Crippen LogP contribution is 2.24. The minimum Gasteiger partial charge on any atom is -0.496 e. The molecule has 2 rings (SSSR count). The highest BCUT2D eigenvalue weighted by Gasteiger charge is 2.15. The fourth-order valence-corrected chi connectivity index (χ4v) is 2.17. The second-order valence-electron chi connectivity index (χ2n) is 4.54. The van der Waals surface area contributed by atoms with Crippen LogP contribution in [0, 0.1) is 12.7 Å². The van der Waals surface area contributed by atoms with Crippen molar-refractivity contribution in [3.63, 3.8) is 0 Å². The van der Waals surface area contributed by atoms with Gasteiger partial charge in [0.25, 0.3) is 0 Å². The second-order valence-corrected chi connectivity index (χ2v) is 4.95. The molecule has 0 bridgehead atoms. The van der Waals surface area contributed by atoms with Crippen molar-refractivity contribution in [1.29, 1.82) is 0 Å². The van der Waals surface area contributed by atoms with Crippen LogP contribution in [-0.2, 0) is 6.42 Å². The first-order valence-electron chi connectivity index (χ1n) is 6.13. The third-order valence-corrected chi connectivity index (χ3v) is 3.38. The highest BCUT2D eigenvalue weighted by atomic mass is 35.5. The number of halogens is 2. The summed E-state index contributed by atoms with van der Waals surface area (Å²) in [6, 6.07) is 9.37. The van der Waals surface area contributed by atoms with E-state index in [0.717, 1.165) is 5.56 Å². The molecule has 4 heteroatoms. The van der Waals surface area contributed by atoms with E-state index in [4.69, 9.17) is 16.3 Å². The van der Waals surface area contributed by atoms with Crippen LogP contribution < -0.4 is 4.74 Å². The van der Waals surface area contributed by atoms with Crippen molar-refractivity contribution in [2.75, 3.05) is 7.11 Å². The molecule has 0 unspecified atom stereocenters. The van der Waals surface area contributed by atoms with Gasteiger partial charge in [0, 0.05) is 11.4 Å².